The highest BCUT2D eigenvalue weighted by molar-refractivity contribution is 6.61. The Morgan fingerprint density at radius 1 is 0.179 bits per heavy atom. The van der Waals surface area contributed by atoms with Gasteiger partial charge in [0.2, 0.25) is 0 Å². The van der Waals surface area contributed by atoms with E-state index < -0.39 is 100 Å². The molecule has 0 spiro atoms. The van der Waals surface area contributed by atoms with Crippen LogP contribution in [-0.2, 0) is 13.3 Å². The molecule has 15 atom stereocenters. The summed E-state index contributed by atoms with van der Waals surface area (Å²) in [5.41, 5.74) is 0. The van der Waals surface area contributed by atoms with Gasteiger partial charge in [0.25, 0.3) is 0 Å². The van der Waals surface area contributed by atoms with Crippen LogP contribution in [0.4, 0.5) is 0 Å². The second-order valence-corrected chi connectivity index (χ2v) is 35.6. The van der Waals surface area contributed by atoms with Crippen LogP contribution in [0.25, 0.3) is 0 Å². The summed E-state index contributed by atoms with van der Waals surface area (Å²) in [5, 5.41) is 161. The number of hydrogen-bond acceptors (Lipinski definition) is 18. The lowest BCUT2D eigenvalue weighted by atomic mass is 9.98. The van der Waals surface area contributed by atoms with Crippen LogP contribution in [-0.4, -0.2) is 197 Å². The predicted molar refractivity (Wildman–Crippen MR) is 436 cm³/mol. The molecule has 19 heteroatoms. The van der Waals surface area contributed by atoms with Crippen molar-refractivity contribution in [2.24, 2.45) is 0 Å². The van der Waals surface area contributed by atoms with Gasteiger partial charge in [0, 0.05) is 25.9 Å². The van der Waals surface area contributed by atoms with Gasteiger partial charge in [-0.25, -0.2) is 0 Å². The minimum absolute atomic E-state index is 0.0686. The van der Waals surface area contributed by atoms with Crippen LogP contribution >= 0.6 is 0 Å². The van der Waals surface area contributed by atoms with Gasteiger partial charge in [-0.15, -0.1) is 0 Å². The highest BCUT2D eigenvalue weighted by Gasteiger charge is 2.41. The first kappa shape index (κ1) is 105. The predicted octanol–water partition coefficient (Wildman–Crippen LogP) is 17.2. The average molecular weight is 1540 g/mol. The minimum Gasteiger partial charge on any atom is -0.393 e. The van der Waals surface area contributed by atoms with Crippen molar-refractivity contribution in [1.29, 1.82) is 0 Å². The molecule has 106 heavy (non-hydrogen) atoms. The summed E-state index contributed by atoms with van der Waals surface area (Å²) in [6.07, 6.45) is 45.6. The number of aliphatic hydroxyl groups excluding tert-OH is 15. The fourth-order valence-corrected chi connectivity index (χ4v) is 16.9. The Labute approximate surface area is 651 Å². The third-order valence-corrected chi connectivity index (χ3v) is 25.0. The molecule has 637 valence electrons. The van der Waals surface area contributed by atoms with Gasteiger partial charge in [0.05, 0.1) is 91.6 Å². The van der Waals surface area contributed by atoms with E-state index in [4.69, 9.17) is 13.3 Å². The molecule has 0 heterocycles. The van der Waals surface area contributed by atoms with Crippen molar-refractivity contribution in [3.05, 3.63) is 6.42 Å². The van der Waals surface area contributed by atoms with Gasteiger partial charge >= 0.3 is 8.80 Å². The third kappa shape index (κ3) is 71.3. The van der Waals surface area contributed by atoms with Crippen molar-refractivity contribution < 1.29 is 89.9 Å². The Balaban J connectivity index is 5.13. The Hall–Kier alpha value is -0.503. The van der Waals surface area contributed by atoms with E-state index in [0.717, 1.165) is 57.8 Å². The highest BCUT2D eigenvalue weighted by Crippen LogP contribution is 2.26. The zero-order valence-electron chi connectivity index (χ0n) is 69.0. The second kappa shape index (κ2) is 75.8. The van der Waals surface area contributed by atoms with E-state index in [1.807, 2.05) is 13.3 Å². The summed E-state index contributed by atoms with van der Waals surface area (Å²) in [6.45, 7) is 8.79. The smallest absolute Gasteiger partial charge is 0.393 e. The molecule has 0 saturated carbocycles. The summed E-state index contributed by atoms with van der Waals surface area (Å²) in [5.74, 6) is 0. The average Bonchev–Trinajstić information content (AvgIpc) is 0.866. The summed E-state index contributed by atoms with van der Waals surface area (Å²) in [7, 11) is -3.55. The van der Waals surface area contributed by atoms with E-state index in [1.165, 1.54) is 173 Å². The van der Waals surface area contributed by atoms with Crippen molar-refractivity contribution in [2.75, 3.05) is 19.8 Å². The Morgan fingerprint density at radius 2 is 0.302 bits per heavy atom. The van der Waals surface area contributed by atoms with E-state index in [2.05, 4.69) is 20.8 Å². The Kier molecular flexibility index (Phi) is 75.5. The van der Waals surface area contributed by atoms with Crippen molar-refractivity contribution >= 4 is 8.80 Å². The summed E-state index contributed by atoms with van der Waals surface area (Å²) >= 11 is 0. The van der Waals surface area contributed by atoms with Crippen molar-refractivity contribution in [3.8, 4) is 0 Å². The van der Waals surface area contributed by atoms with Crippen LogP contribution in [0.15, 0.2) is 0 Å². The second-order valence-electron chi connectivity index (χ2n) is 32.9. The van der Waals surface area contributed by atoms with E-state index in [0.29, 0.717) is 141 Å². The van der Waals surface area contributed by atoms with Gasteiger partial charge in [0.1, 0.15) is 0 Å². The molecule has 15 unspecified atom stereocenters. The first-order chi connectivity index (χ1) is 51.2. The van der Waals surface area contributed by atoms with Gasteiger partial charge < -0.3 is 89.9 Å². The Bertz CT molecular complexity index is 1580. The monoisotopic (exact) mass is 1540 g/mol. The molecule has 15 N–H and O–H groups in total. The first-order valence-corrected chi connectivity index (χ1v) is 47.0. The molecular formula is C87H177O18Si. The van der Waals surface area contributed by atoms with Crippen molar-refractivity contribution in [1.82, 2.24) is 0 Å². The van der Waals surface area contributed by atoms with Crippen LogP contribution in [0, 0.1) is 6.42 Å². The third-order valence-electron chi connectivity index (χ3n) is 22.2. The fourth-order valence-electron chi connectivity index (χ4n) is 14.5. The maximum absolute atomic E-state index is 11.1. The van der Waals surface area contributed by atoms with Crippen LogP contribution < -0.4 is 0 Å². The van der Waals surface area contributed by atoms with Crippen molar-refractivity contribution in [2.45, 2.75) is 530 Å². The van der Waals surface area contributed by atoms with Gasteiger partial charge in [0.15, 0.2) is 0 Å². The lowest BCUT2D eigenvalue weighted by Crippen LogP contribution is -2.47. The molecule has 0 aromatic heterocycles. The normalized spacial score (nSPS) is 17.1. The van der Waals surface area contributed by atoms with E-state index in [9.17, 15) is 76.6 Å². The van der Waals surface area contributed by atoms with Crippen molar-refractivity contribution in [3.63, 3.8) is 0 Å². The summed E-state index contributed by atoms with van der Waals surface area (Å²) < 4.78 is 19.3. The number of hydrogen-bond donors (Lipinski definition) is 15. The first-order valence-electron chi connectivity index (χ1n) is 45.1. The molecule has 0 aliphatic carbocycles. The molecule has 0 aromatic carbocycles. The topological polar surface area (TPSA) is 331 Å². The standard InChI is InChI=1S/C87H177O18Si/c1-5-9-12-15-18-21-24-27-30-33-36-39-73(88)42-45-76(91)48-51-79(94)54-57-82(97)60-63-85(100)66-69-103-106(72-8-4,104-70-67-86(101)64-61-83(98)58-55-80(95)52-49-77(92)46-43-74(89)40-37-34-31-28-25-22-19-16-13-10-6-2)105-71-68-87(102)65-62-84(99)59-56-81(96)53-50-78(93)47-44-75(90)41-38-35-32-29-26-23-20-17-14-11-7-3/h8,73-102H,5-7,9-72H2,1-4H3. The molecule has 0 saturated heterocycles. The molecule has 0 fully saturated rings. The Morgan fingerprint density at radius 3 is 0.443 bits per heavy atom. The molecule has 0 aliphatic rings. The molecular weight excluding hydrogens is 1360 g/mol. The molecule has 0 rings (SSSR count). The van der Waals surface area contributed by atoms with Gasteiger partial charge in [-0.2, -0.15) is 0 Å². The van der Waals surface area contributed by atoms with Crippen LogP contribution in [0.2, 0.25) is 6.04 Å². The maximum Gasteiger partial charge on any atom is 0.501 e. The quantitative estimate of drug-likeness (QED) is 0.0199. The number of unbranched alkanes of at least 4 members (excludes halogenated alkanes) is 30. The van der Waals surface area contributed by atoms with E-state index in [1.54, 1.807) is 0 Å². The number of rotatable bonds is 86. The summed E-state index contributed by atoms with van der Waals surface area (Å²) in [6, 6.07) is 0.299. The molecule has 18 nitrogen and oxygen atoms in total. The fraction of sp³-hybridized carbons (Fsp3) is 0.989. The van der Waals surface area contributed by atoms with E-state index in [-0.39, 0.29) is 58.3 Å². The van der Waals surface area contributed by atoms with Crippen LogP contribution in [0.1, 0.15) is 432 Å². The highest BCUT2D eigenvalue weighted by atomic mass is 28.4. The van der Waals surface area contributed by atoms with E-state index >= 15 is 0 Å². The molecule has 0 aliphatic heterocycles. The SMILES string of the molecule is C[CH]C[Si](OCCC(O)CCC(O)CCC(O)CCC(O)CCC(O)CCCCCCCCCCCCC)(OCCC(O)CCC(O)CCC(O)CCC(O)CCC(O)CCCCCCCCCCCCC)OCCC(O)CCC(O)CCC(O)CCC(O)CCC(O)CCCCCCCCCCCCC. The maximum atomic E-state index is 11.1. The molecule has 0 amide bonds. The van der Waals surface area contributed by atoms with Gasteiger partial charge in [-0.1, -0.05) is 240 Å². The lowest BCUT2D eigenvalue weighted by Gasteiger charge is -2.31. The zero-order valence-corrected chi connectivity index (χ0v) is 70.0. The lowest BCUT2D eigenvalue weighted by molar-refractivity contribution is 0.0216. The molecule has 1 radical (unpaired) electrons. The zero-order chi connectivity index (χ0) is 78.4. The van der Waals surface area contributed by atoms with Crippen LogP contribution in [0.5, 0.6) is 0 Å². The molecule has 0 bridgehead atoms. The van der Waals surface area contributed by atoms with Gasteiger partial charge in [-0.05, 0) is 199 Å². The summed E-state index contributed by atoms with van der Waals surface area (Å²) in [4.78, 5) is 0. The number of aliphatic hydroxyl groups is 15. The van der Waals surface area contributed by atoms with Gasteiger partial charge in [-0.3, -0.25) is 0 Å². The molecule has 0 aromatic rings. The minimum atomic E-state index is -3.55. The largest absolute Gasteiger partial charge is 0.501 e. The van der Waals surface area contributed by atoms with Crippen LogP contribution in [0.3, 0.4) is 0 Å².